The van der Waals surface area contributed by atoms with E-state index in [2.05, 4.69) is 0 Å². The first kappa shape index (κ1) is 15.4. The molecule has 1 aromatic carbocycles. The third kappa shape index (κ3) is 3.17. The van der Waals surface area contributed by atoms with Crippen molar-refractivity contribution in [1.82, 2.24) is 0 Å². The van der Waals surface area contributed by atoms with Crippen LogP contribution < -0.4 is 0 Å². The summed E-state index contributed by atoms with van der Waals surface area (Å²) in [5.41, 5.74) is -3.75. The van der Waals surface area contributed by atoms with Crippen LogP contribution in [0, 0.1) is 0 Å². The Morgan fingerprint density at radius 3 is 2.05 bits per heavy atom. The summed E-state index contributed by atoms with van der Waals surface area (Å²) in [6.45, 7) is 0. The van der Waals surface area contributed by atoms with Gasteiger partial charge in [0.1, 0.15) is 0 Å². The van der Waals surface area contributed by atoms with Gasteiger partial charge < -0.3 is 0 Å². The minimum Gasteiger partial charge on any atom is -0.166 e. The molecular weight excluding hydrogens is 322 g/mol. The van der Waals surface area contributed by atoms with Crippen LogP contribution in [0.2, 0.25) is 0 Å². The second-order valence-electron chi connectivity index (χ2n) is 3.73. The normalized spacial score (nSPS) is 16.2. The summed E-state index contributed by atoms with van der Waals surface area (Å²) in [7, 11) is 0. The lowest BCUT2D eigenvalue weighted by Crippen LogP contribution is -2.18. The van der Waals surface area contributed by atoms with Gasteiger partial charge in [-0.3, -0.25) is 0 Å². The first-order chi connectivity index (χ1) is 9.21. The fourth-order valence-electron chi connectivity index (χ4n) is 1.69. The van der Waals surface area contributed by atoms with E-state index in [0.717, 1.165) is 35.7 Å². The molecule has 0 aliphatic carbocycles. The van der Waals surface area contributed by atoms with Crippen LogP contribution in [-0.4, -0.2) is 0 Å². The molecule has 1 heterocycles. The van der Waals surface area contributed by atoms with Crippen molar-refractivity contribution in [1.29, 1.82) is 0 Å². The van der Waals surface area contributed by atoms with Crippen LogP contribution >= 0.6 is 23.5 Å². The van der Waals surface area contributed by atoms with Gasteiger partial charge in [-0.1, -0.05) is 23.9 Å². The van der Waals surface area contributed by atoms with E-state index in [1.54, 1.807) is 5.41 Å². The second kappa shape index (κ2) is 5.40. The second-order valence-corrected chi connectivity index (χ2v) is 5.46. The number of hydrogen-bond acceptors (Lipinski definition) is 2. The summed E-state index contributed by atoms with van der Waals surface area (Å²) in [6.07, 6.45) is -10.1. The van der Waals surface area contributed by atoms with Gasteiger partial charge in [0.15, 0.2) is 0 Å². The molecule has 8 heteroatoms. The zero-order chi connectivity index (χ0) is 15.0. The summed E-state index contributed by atoms with van der Waals surface area (Å²) < 4.78 is 77.4. The quantitative estimate of drug-likeness (QED) is 0.582. The van der Waals surface area contributed by atoms with Gasteiger partial charge in [0.25, 0.3) is 0 Å². The fraction of sp³-hybridized carbons (Fsp3) is 0.167. The van der Waals surface area contributed by atoms with Crippen molar-refractivity contribution in [3.63, 3.8) is 0 Å². The summed E-state index contributed by atoms with van der Waals surface area (Å²) in [6, 6.07) is 2.48. The maximum atomic E-state index is 13.0. The highest BCUT2D eigenvalue weighted by atomic mass is 32.2. The third-order valence-electron chi connectivity index (χ3n) is 2.42. The van der Waals surface area contributed by atoms with Crippen molar-refractivity contribution in [2.75, 3.05) is 0 Å². The van der Waals surface area contributed by atoms with Gasteiger partial charge in [-0.25, -0.2) is 0 Å². The number of rotatable bonds is 1. The molecule has 0 bridgehead atoms. The van der Waals surface area contributed by atoms with Crippen LogP contribution in [0.5, 0.6) is 0 Å². The van der Waals surface area contributed by atoms with E-state index in [-0.39, 0.29) is 4.91 Å². The van der Waals surface area contributed by atoms with Crippen LogP contribution in [0.3, 0.4) is 0 Å². The molecule has 0 N–H and O–H groups in total. The molecule has 1 aliphatic rings. The lowest BCUT2D eigenvalue weighted by atomic mass is 10.00. The molecule has 0 saturated carbocycles. The Kier molecular flexibility index (Phi) is 4.15. The predicted octanol–water partition coefficient (Wildman–Crippen LogP) is 5.97. The molecule has 0 unspecified atom stereocenters. The molecule has 1 aromatic rings. The zero-order valence-electron chi connectivity index (χ0n) is 9.55. The average molecular weight is 328 g/mol. The van der Waals surface area contributed by atoms with Gasteiger partial charge in [0.2, 0.25) is 0 Å². The number of alkyl halides is 6. The lowest BCUT2D eigenvalue weighted by Gasteiger charge is -2.20. The largest absolute Gasteiger partial charge is 0.417 e. The minimum absolute atomic E-state index is 0.149. The monoisotopic (exact) mass is 328 g/mol. The van der Waals surface area contributed by atoms with E-state index in [1.807, 2.05) is 0 Å². The van der Waals surface area contributed by atoms with E-state index in [4.69, 9.17) is 0 Å². The summed E-state index contributed by atoms with van der Waals surface area (Å²) in [5, 5.41) is 4.56. The first-order valence-electron chi connectivity index (χ1n) is 5.16. The SMILES string of the molecule is FC(F)(F)c1cccc(C2=CSC=CS2)c1C(F)(F)F. The van der Waals surface area contributed by atoms with E-state index in [1.165, 1.54) is 10.8 Å². The number of thioether (sulfide) groups is 2. The molecular formula is C12H6F6S2. The third-order valence-corrected chi connectivity index (χ3v) is 4.27. The van der Waals surface area contributed by atoms with Crippen molar-refractivity contribution >= 4 is 28.4 Å². The molecule has 0 aromatic heterocycles. The van der Waals surface area contributed by atoms with Crippen LogP contribution in [0.1, 0.15) is 16.7 Å². The van der Waals surface area contributed by atoms with Gasteiger partial charge in [-0.15, -0.1) is 11.8 Å². The number of hydrogen-bond donors (Lipinski definition) is 0. The Bertz CT molecular complexity index is 568. The van der Waals surface area contributed by atoms with E-state index in [0.29, 0.717) is 6.07 Å². The van der Waals surface area contributed by atoms with Gasteiger partial charge in [-0.05, 0) is 22.3 Å². The summed E-state index contributed by atoms with van der Waals surface area (Å²) in [5.74, 6) is 0. The van der Waals surface area contributed by atoms with Crippen LogP contribution in [-0.2, 0) is 12.4 Å². The van der Waals surface area contributed by atoms with Crippen LogP contribution in [0.4, 0.5) is 26.3 Å². The van der Waals surface area contributed by atoms with Gasteiger partial charge in [-0.2, -0.15) is 26.3 Å². The molecule has 0 radical (unpaired) electrons. The molecule has 108 valence electrons. The number of halogens is 6. The van der Waals surface area contributed by atoms with E-state index >= 15 is 0 Å². The molecule has 0 nitrogen and oxygen atoms in total. The van der Waals surface area contributed by atoms with Gasteiger partial charge in [0.05, 0.1) is 11.1 Å². The topological polar surface area (TPSA) is 0 Å². The number of benzene rings is 1. The molecule has 0 spiro atoms. The van der Waals surface area contributed by atoms with Gasteiger partial charge >= 0.3 is 12.4 Å². The summed E-state index contributed by atoms with van der Waals surface area (Å²) in [4.78, 5) is 0.149. The van der Waals surface area contributed by atoms with Crippen molar-refractivity contribution in [3.8, 4) is 0 Å². The predicted molar refractivity (Wildman–Crippen MR) is 68.7 cm³/mol. The van der Waals surface area contributed by atoms with Crippen molar-refractivity contribution in [2.45, 2.75) is 12.4 Å². The Balaban J connectivity index is 2.66. The molecule has 0 amide bonds. The maximum Gasteiger partial charge on any atom is 0.417 e. The molecule has 2 rings (SSSR count). The molecule has 0 fully saturated rings. The average Bonchev–Trinajstić information content (AvgIpc) is 2.37. The highest BCUT2D eigenvalue weighted by molar-refractivity contribution is 8.15. The first-order valence-corrected chi connectivity index (χ1v) is 6.98. The Morgan fingerprint density at radius 2 is 1.55 bits per heavy atom. The highest BCUT2D eigenvalue weighted by Gasteiger charge is 2.45. The molecule has 20 heavy (non-hydrogen) atoms. The van der Waals surface area contributed by atoms with Crippen LogP contribution in [0.25, 0.3) is 4.91 Å². The Hall–Kier alpha value is -1.02. The lowest BCUT2D eigenvalue weighted by molar-refractivity contribution is -0.162. The van der Waals surface area contributed by atoms with Crippen molar-refractivity contribution in [3.05, 3.63) is 51.1 Å². The molecule has 0 atom stereocenters. The van der Waals surface area contributed by atoms with Crippen molar-refractivity contribution in [2.24, 2.45) is 0 Å². The van der Waals surface area contributed by atoms with Crippen molar-refractivity contribution < 1.29 is 26.3 Å². The zero-order valence-corrected chi connectivity index (χ0v) is 11.2. The fourth-order valence-corrected chi connectivity index (χ4v) is 3.33. The Morgan fingerprint density at radius 1 is 0.850 bits per heavy atom. The minimum atomic E-state index is -5.07. The smallest absolute Gasteiger partial charge is 0.166 e. The van der Waals surface area contributed by atoms with E-state index < -0.39 is 29.0 Å². The molecule has 1 aliphatic heterocycles. The maximum absolute atomic E-state index is 13.0. The summed E-state index contributed by atoms with van der Waals surface area (Å²) >= 11 is 2.08. The van der Waals surface area contributed by atoms with E-state index in [9.17, 15) is 26.3 Å². The van der Waals surface area contributed by atoms with Gasteiger partial charge in [0, 0.05) is 10.5 Å². The Labute approximate surface area is 118 Å². The molecule has 0 saturated heterocycles. The van der Waals surface area contributed by atoms with Crippen LogP contribution in [0.15, 0.2) is 34.4 Å². The highest BCUT2D eigenvalue weighted by Crippen LogP contribution is 2.47. The standard InChI is InChI=1S/C12H6F6S2/c13-11(14,15)8-3-1-2-7(10(8)12(16,17)18)9-6-19-4-5-20-9/h1-6H.